The summed E-state index contributed by atoms with van der Waals surface area (Å²) in [5.74, 6) is -1.18. The molecule has 34 heavy (non-hydrogen) atoms. The second-order valence-corrected chi connectivity index (χ2v) is 8.39. The molecule has 0 unspecified atom stereocenters. The largest absolute Gasteiger partial charge is 0.480 e. The minimum atomic E-state index is -1.10. The lowest BCUT2D eigenvalue weighted by Gasteiger charge is -2.17. The number of aliphatic carboxylic acids is 1. The van der Waals surface area contributed by atoms with Crippen molar-refractivity contribution in [1.82, 2.24) is 10.3 Å². The van der Waals surface area contributed by atoms with Crippen LogP contribution in [0.5, 0.6) is 0 Å². The number of alkyl carbamates (subject to hydrolysis) is 1. The Balaban J connectivity index is 1.22. The van der Waals surface area contributed by atoms with Crippen LogP contribution in [0.25, 0.3) is 22.0 Å². The molecule has 0 bridgehead atoms. The van der Waals surface area contributed by atoms with Crippen molar-refractivity contribution in [2.75, 3.05) is 6.61 Å². The number of aryl methyl sites for hydroxylation is 1. The fraction of sp³-hybridized carbons (Fsp3) is 0.179. The Morgan fingerprint density at radius 2 is 1.53 bits per heavy atom. The monoisotopic (exact) mass is 452 g/mol. The Kier molecular flexibility index (Phi) is 5.95. The van der Waals surface area contributed by atoms with Gasteiger partial charge in [-0.05, 0) is 47.2 Å². The fourth-order valence-corrected chi connectivity index (χ4v) is 4.58. The number of pyridine rings is 1. The number of fused-ring (bicyclic) bond motifs is 4. The predicted molar refractivity (Wildman–Crippen MR) is 130 cm³/mol. The number of carbonyl (C=O) groups excluding carboxylic acids is 1. The summed E-state index contributed by atoms with van der Waals surface area (Å²) in [6.45, 7) is 0.137. The van der Waals surface area contributed by atoms with Gasteiger partial charge in [0.25, 0.3) is 0 Å². The molecule has 1 atom stereocenters. The second-order valence-electron chi connectivity index (χ2n) is 8.39. The third kappa shape index (κ3) is 4.35. The highest BCUT2D eigenvalue weighted by molar-refractivity contribution is 5.81. The standard InChI is InChI=1S/C28H24N2O4/c31-27(32)26(16-15-19-14-13-18-7-1-6-12-25(18)29-19)30-28(33)34-17-24-22-10-4-2-8-20(22)21-9-3-5-11-23(21)24/h1-14,24,26H,15-17H2,(H,30,33)(H,31,32)/t26-/m1/s1. The van der Waals surface area contributed by atoms with Gasteiger partial charge in [-0.1, -0.05) is 72.8 Å². The number of hydrogen-bond donors (Lipinski definition) is 2. The van der Waals surface area contributed by atoms with Crippen molar-refractivity contribution in [2.45, 2.75) is 24.8 Å². The van der Waals surface area contributed by atoms with E-state index in [1.54, 1.807) is 0 Å². The van der Waals surface area contributed by atoms with Gasteiger partial charge in [0.15, 0.2) is 0 Å². The molecule has 0 fully saturated rings. The first kappa shape index (κ1) is 21.6. The summed E-state index contributed by atoms with van der Waals surface area (Å²) in [6, 6.07) is 26.7. The molecule has 0 aliphatic heterocycles. The van der Waals surface area contributed by atoms with Gasteiger partial charge in [0.2, 0.25) is 0 Å². The molecule has 0 spiro atoms. The fourth-order valence-electron chi connectivity index (χ4n) is 4.58. The summed E-state index contributed by atoms with van der Waals surface area (Å²) >= 11 is 0. The van der Waals surface area contributed by atoms with E-state index in [4.69, 9.17) is 4.74 Å². The molecule has 5 rings (SSSR count). The number of benzene rings is 3. The Bertz CT molecular complexity index is 1320. The lowest BCUT2D eigenvalue weighted by molar-refractivity contribution is -0.139. The van der Waals surface area contributed by atoms with Crippen LogP contribution in [0, 0.1) is 0 Å². The quantitative estimate of drug-likeness (QED) is 0.404. The highest BCUT2D eigenvalue weighted by atomic mass is 16.5. The first-order chi connectivity index (χ1) is 16.6. The lowest BCUT2D eigenvalue weighted by Crippen LogP contribution is -2.41. The number of para-hydroxylation sites is 1. The van der Waals surface area contributed by atoms with Gasteiger partial charge in [-0.2, -0.15) is 0 Å². The van der Waals surface area contributed by atoms with E-state index < -0.39 is 18.1 Å². The highest BCUT2D eigenvalue weighted by Crippen LogP contribution is 2.44. The summed E-state index contributed by atoms with van der Waals surface area (Å²) in [5, 5.41) is 13.2. The van der Waals surface area contributed by atoms with Gasteiger partial charge in [0.1, 0.15) is 12.6 Å². The van der Waals surface area contributed by atoms with Gasteiger partial charge in [-0.15, -0.1) is 0 Å². The molecule has 1 aliphatic rings. The molecule has 6 nitrogen and oxygen atoms in total. The Morgan fingerprint density at radius 1 is 0.882 bits per heavy atom. The van der Waals surface area contributed by atoms with Crippen LogP contribution >= 0.6 is 0 Å². The maximum Gasteiger partial charge on any atom is 0.407 e. The maximum atomic E-state index is 12.5. The predicted octanol–water partition coefficient (Wildman–Crippen LogP) is 5.16. The lowest BCUT2D eigenvalue weighted by atomic mass is 9.98. The zero-order chi connectivity index (χ0) is 23.5. The van der Waals surface area contributed by atoms with Crippen molar-refractivity contribution in [3.05, 3.63) is 102 Å². The number of aromatic nitrogens is 1. The molecule has 0 saturated heterocycles. The molecular formula is C28H24N2O4. The molecular weight excluding hydrogens is 428 g/mol. The number of carboxylic acid groups (broad SMARTS) is 1. The van der Waals surface area contributed by atoms with Gasteiger partial charge >= 0.3 is 12.1 Å². The number of hydrogen-bond acceptors (Lipinski definition) is 4. The van der Waals surface area contributed by atoms with E-state index in [0.717, 1.165) is 38.9 Å². The normalized spacial score (nSPS) is 13.2. The van der Waals surface area contributed by atoms with Crippen molar-refractivity contribution in [3.8, 4) is 11.1 Å². The van der Waals surface area contributed by atoms with Crippen LogP contribution in [-0.2, 0) is 16.0 Å². The highest BCUT2D eigenvalue weighted by Gasteiger charge is 2.29. The number of rotatable bonds is 7. The van der Waals surface area contributed by atoms with E-state index >= 15 is 0 Å². The molecule has 0 radical (unpaired) electrons. The Morgan fingerprint density at radius 3 is 2.24 bits per heavy atom. The molecule has 4 aromatic rings. The van der Waals surface area contributed by atoms with Crippen LogP contribution in [0.1, 0.15) is 29.2 Å². The minimum Gasteiger partial charge on any atom is -0.480 e. The molecule has 3 aromatic carbocycles. The van der Waals surface area contributed by atoms with Crippen molar-refractivity contribution in [1.29, 1.82) is 0 Å². The van der Waals surface area contributed by atoms with Crippen molar-refractivity contribution in [3.63, 3.8) is 0 Å². The number of nitrogens with one attached hydrogen (secondary N) is 1. The molecule has 1 aromatic heterocycles. The van der Waals surface area contributed by atoms with Crippen LogP contribution in [0.2, 0.25) is 0 Å². The Labute approximate surface area is 197 Å². The van der Waals surface area contributed by atoms with Gasteiger partial charge in [-0.25, -0.2) is 9.59 Å². The van der Waals surface area contributed by atoms with E-state index in [1.165, 1.54) is 0 Å². The van der Waals surface area contributed by atoms with Crippen molar-refractivity contribution < 1.29 is 19.4 Å². The summed E-state index contributed by atoms with van der Waals surface area (Å²) in [6.07, 6.45) is -0.100. The van der Waals surface area contributed by atoms with E-state index in [-0.39, 0.29) is 18.9 Å². The number of amides is 1. The first-order valence-corrected chi connectivity index (χ1v) is 11.3. The summed E-state index contributed by atoms with van der Waals surface area (Å²) in [4.78, 5) is 28.9. The van der Waals surface area contributed by atoms with Crippen molar-refractivity contribution in [2.24, 2.45) is 0 Å². The molecule has 2 N–H and O–H groups in total. The van der Waals surface area contributed by atoms with Gasteiger partial charge in [-0.3, -0.25) is 4.98 Å². The van der Waals surface area contributed by atoms with Crippen LogP contribution < -0.4 is 5.32 Å². The molecule has 1 heterocycles. The van der Waals surface area contributed by atoms with Gasteiger partial charge < -0.3 is 15.2 Å². The smallest absolute Gasteiger partial charge is 0.407 e. The number of ether oxygens (including phenoxy) is 1. The molecule has 1 amide bonds. The zero-order valence-corrected chi connectivity index (χ0v) is 18.5. The Hall–Kier alpha value is -4.19. The number of nitrogens with zero attached hydrogens (tertiary/aromatic N) is 1. The number of carboxylic acids is 1. The molecule has 6 heteroatoms. The number of carbonyl (C=O) groups is 2. The summed E-state index contributed by atoms with van der Waals surface area (Å²) < 4.78 is 5.50. The molecule has 170 valence electrons. The minimum absolute atomic E-state index is 0.0803. The molecule has 1 aliphatic carbocycles. The van der Waals surface area contributed by atoms with Crippen LogP contribution in [0.3, 0.4) is 0 Å². The third-order valence-electron chi connectivity index (χ3n) is 6.28. The van der Waals surface area contributed by atoms with E-state index in [1.807, 2.05) is 72.8 Å². The first-order valence-electron chi connectivity index (χ1n) is 11.3. The average Bonchev–Trinajstić information content (AvgIpc) is 3.18. The molecule has 0 saturated carbocycles. The SMILES string of the molecule is O=C(N[C@H](CCc1ccc2ccccc2n1)C(=O)O)OCC1c2ccccc2-c2ccccc21. The van der Waals surface area contributed by atoms with Gasteiger partial charge in [0, 0.05) is 17.0 Å². The van der Waals surface area contributed by atoms with Crippen LogP contribution in [-0.4, -0.2) is 34.8 Å². The van der Waals surface area contributed by atoms with Crippen LogP contribution in [0.4, 0.5) is 4.79 Å². The van der Waals surface area contributed by atoms with Crippen LogP contribution in [0.15, 0.2) is 84.9 Å². The zero-order valence-electron chi connectivity index (χ0n) is 18.5. The topological polar surface area (TPSA) is 88.5 Å². The van der Waals surface area contributed by atoms with Crippen molar-refractivity contribution >= 4 is 23.0 Å². The average molecular weight is 453 g/mol. The summed E-state index contributed by atoms with van der Waals surface area (Å²) in [7, 11) is 0. The summed E-state index contributed by atoms with van der Waals surface area (Å²) in [5.41, 5.74) is 6.12. The second kappa shape index (κ2) is 9.35. The van der Waals surface area contributed by atoms with Gasteiger partial charge in [0.05, 0.1) is 5.52 Å². The van der Waals surface area contributed by atoms with E-state index in [2.05, 4.69) is 22.4 Å². The maximum absolute atomic E-state index is 12.5. The third-order valence-corrected chi connectivity index (χ3v) is 6.28. The van der Waals surface area contributed by atoms with E-state index in [0.29, 0.717) is 6.42 Å². The van der Waals surface area contributed by atoms with E-state index in [9.17, 15) is 14.7 Å².